The zero-order chi connectivity index (χ0) is 27.3. The number of benzene rings is 2. The van der Waals surface area contributed by atoms with E-state index in [-0.39, 0.29) is 24.2 Å². The lowest BCUT2D eigenvalue weighted by molar-refractivity contribution is -0.139. The molecule has 0 radical (unpaired) electrons. The third-order valence-electron chi connectivity index (χ3n) is 6.93. The van der Waals surface area contributed by atoms with Crippen LogP contribution in [0.3, 0.4) is 0 Å². The number of ether oxygens (including phenoxy) is 2. The number of hydrogen-bond acceptors (Lipinski definition) is 6. The van der Waals surface area contributed by atoms with Crippen LogP contribution in [0.5, 0.6) is 11.5 Å². The van der Waals surface area contributed by atoms with Gasteiger partial charge in [-0.2, -0.15) is 0 Å². The number of amides is 2. The van der Waals surface area contributed by atoms with E-state index in [1.165, 1.54) is 11.8 Å². The average Bonchev–Trinajstić information content (AvgIpc) is 3.43. The lowest BCUT2D eigenvalue weighted by Gasteiger charge is -2.32. The Morgan fingerprint density at radius 2 is 1.71 bits per heavy atom. The highest BCUT2D eigenvalue weighted by Gasteiger charge is 2.32. The van der Waals surface area contributed by atoms with Crippen LogP contribution >= 0.6 is 15.9 Å². The van der Waals surface area contributed by atoms with Crippen molar-refractivity contribution in [1.82, 2.24) is 10.2 Å². The van der Waals surface area contributed by atoms with Crippen molar-refractivity contribution in [2.75, 3.05) is 29.8 Å². The van der Waals surface area contributed by atoms with E-state index in [0.717, 1.165) is 40.0 Å². The molecule has 2 aromatic carbocycles. The van der Waals surface area contributed by atoms with Crippen molar-refractivity contribution >= 4 is 43.5 Å². The van der Waals surface area contributed by atoms with E-state index < -0.39 is 28.5 Å². The molecule has 1 aliphatic heterocycles. The summed E-state index contributed by atoms with van der Waals surface area (Å²) in [6, 6.07) is 11.6. The number of anilines is 1. The SMILES string of the molecule is CCS(=O)(=O)N(CC(=O)N(Cc1ccc(Br)cc1)[C@H](C)C(=O)NC1CCCC1)c1ccc2c(c1)OCCO2. The fourth-order valence-corrected chi connectivity index (χ4v) is 5.99. The molecule has 9 nitrogen and oxygen atoms in total. The Labute approximate surface area is 232 Å². The average molecular weight is 609 g/mol. The maximum Gasteiger partial charge on any atom is 0.244 e. The number of sulfonamides is 1. The van der Waals surface area contributed by atoms with Crippen molar-refractivity contribution in [3.05, 3.63) is 52.5 Å². The van der Waals surface area contributed by atoms with Crippen molar-refractivity contribution in [1.29, 1.82) is 0 Å². The summed E-state index contributed by atoms with van der Waals surface area (Å²) in [5, 5.41) is 3.07. The van der Waals surface area contributed by atoms with Crippen molar-refractivity contribution in [2.45, 2.75) is 58.2 Å². The molecule has 206 valence electrons. The van der Waals surface area contributed by atoms with Crippen LogP contribution in [0.4, 0.5) is 5.69 Å². The van der Waals surface area contributed by atoms with Crippen molar-refractivity contribution < 1.29 is 27.5 Å². The van der Waals surface area contributed by atoms with Crippen LogP contribution in [0, 0.1) is 0 Å². The van der Waals surface area contributed by atoms with Gasteiger partial charge < -0.3 is 19.7 Å². The van der Waals surface area contributed by atoms with Gasteiger partial charge in [0, 0.05) is 23.1 Å². The van der Waals surface area contributed by atoms with Crippen LogP contribution in [0.25, 0.3) is 0 Å². The fourth-order valence-electron chi connectivity index (χ4n) is 4.67. The van der Waals surface area contributed by atoms with Crippen molar-refractivity contribution in [3.8, 4) is 11.5 Å². The maximum atomic E-state index is 13.8. The van der Waals surface area contributed by atoms with Gasteiger partial charge in [0.15, 0.2) is 11.5 Å². The second-order valence-corrected chi connectivity index (χ2v) is 12.6. The van der Waals surface area contributed by atoms with Gasteiger partial charge in [0.25, 0.3) is 0 Å². The molecule has 2 aromatic rings. The molecular formula is C27H34BrN3O6S. The van der Waals surface area contributed by atoms with Gasteiger partial charge in [-0.25, -0.2) is 8.42 Å². The van der Waals surface area contributed by atoms with Gasteiger partial charge in [0.1, 0.15) is 25.8 Å². The highest BCUT2D eigenvalue weighted by atomic mass is 79.9. The minimum absolute atomic E-state index is 0.101. The number of fused-ring (bicyclic) bond motifs is 1. The number of carbonyl (C=O) groups is 2. The van der Waals surface area contributed by atoms with E-state index in [2.05, 4.69) is 21.2 Å². The standard InChI is InChI=1S/C27H34BrN3O6S/c1-3-38(34,35)31(23-12-13-24-25(16-23)37-15-14-36-24)18-26(32)30(17-20-8-10-21(28)11-9-20)19(2)27(33)29-22-6-4-5-7-22/h8-13,16,19,22H,3-7,14-15,17-18H2,1-2H3,(H,29,33)/t19-/m1/s1. The molecule has 2 aliphatic rings. The zero-order valence-corrected chi connectivity index (χ0v) is 24.1. The highest BCUT2D eigenvalue weighted by Crippen LogP contribution is 2.35. The number of halogens is 1. The molecule has 38 heavy (non-hydrogen) atoms. The third-order valence-corrected chi connectivity index (χ3v) is 9.20. The molecule has 0 saturated heterocycles. The van der Waals surface area contributed by atoms with E-state index in [1.54, 1.807) is 25.1 Å². The topological polar surface area (TPSA) is 105 Å². The number of hydrogen-bond donors (Lipinski definition) is 1. The molecule has 4 rings (SSSR count). The highest BCUT2D eigenvalue weighted by molar-refractivity contribution is 9.10. The first-order valence-electron chi connectivity index (χ1n) is 12.9. The van der Waals surface area contributed by atoms with Crippen LogP contribution in [0.1, 0.15) is 45.1 Å². The molecule has 1 aliphatic carbocycles. The Hall–Kier alpha value is -2.79. The molecule has 1 saturated carbocycles. The van der Waals surface area contributed by atoms with Gasteiger partial charge in [0.05, 0.1) is 11.4 Å². The summed E-state index contributed by atoms with van der Waals surface area (Å²) >= 11 is 3.42. The third kappa shape index (κ3) is 6.79. The van der Waals surface area contributed by atoms with Gasteiger partial charge in [-0.05, 0) is 56.5 Å². The summed E-state index contributed by atoms with van der Waals surface area (Å²) in [5.41, 5.74) is 1.13. The van der Waals surface area contributed by atoms with E-state index >= 15 is 0 Å². The van der Waals surface area contributed by atoms with E-state index in [4.69, 9.17) is 9.47 Å². The minimum Gasteiger partial charge on any atom is -0.486 e. The second kappa shape index (κ2) is 12.4. The predicted molar refractivity (Wildman–Crippen MR) is 149 cm³/mol. The molecule has 1 fully saturated rings. The van der Waals surface area contributed by atoms with Gasteiger partial charge in [-0.1, -0.05) is 40.9 Å². The zero-order valence-electron chi connectivity index (χ0n) is 21.7. The number of rotatable bonds is 10. The summed E-state index contributed by atoms with van der Waals surface area (Å²) in [6.07, 6.45) is 3.98. The summed E-state index contributed by atoms with van der Waals surface area (Å²) in [4.78, 5) is 28.4. The molecule has 1 heterocycles. The van der Waals surface area contributed by atoms with Crippen LogP contribution in [0.2, 0.25) is 0 Å². The normalized spacial score (nSPS) is 16.1. The fraction of sp³-hybridized carbons (Fsp3) is 0.481. The minimum atomic E-state index is -3.83. The smallest absolute Gasteiger partial charge is 0.244 e. The quantitative estimate of drug-likeness (QED) is 0.440. The maximum absolute atomic E-state index is 13.8. The van der Waals surface area contributed by atoms with Crippen LogP contribution in [0.15, 0.2) is 46.9 Å². The van der Waals surface area contributed by atoms with Crippen molar-refractivity contribution in [3.63, 3.8) is 0 Å². The summed E-state index contributed by atoms with van der Waals surface area (Å²) in [6.45, 7) is 3.68. The lowest BCUT2D eigenvalue weighted by atomic mass is 10.1. The van der Waals surface area contributed by atoms with Crippen LogP contribution in [-0.2, 0) is 26.2 Å². The Balaban J connectivity index is 1.61. The van der Waals surface area contributed by atoms with Crippen molar-refractivity contribution in [2.24, 2.45) is 0 Å². The molecule has 0 bridgehead atoms. The summed E-state index contributed by atoms with van der Waals surface area (Å²) in [7, 11) is -3.83. The molecule has 2 amide bonds. The molecule has 1 atom stereocenters. The monoisotopic (exact) mass is 607 g/mol. The van der Waals surface area contributed by atoms with Gasteiger partial charge >= 0.3 is 0 Å². The summed E-state index contributed by atoms with van der Waals surface area (Å²) < 4.78 is 39.5. The Kier molecular flexibility index (Phi) is 9.19. The Morgan fingerprint density at radius 3 is 2.37 bits per heavy atom. The van der Waals surface area contributed by atoms with Gasteiger partial charge in [0.2, 0.25) is 21.8 Å². The first kappa shape index (κ1) is 28.2. The Morgan fingerprint density at radius 1 is 1.05 bits per heavy atom. The van der Waals surface area contributed by atoms with E-state index in [0.29, 0.717) is 30.4 Å². The first-order chi connectivity index (χ1) is 18.2. The number of carbonyl (C=O) groups excluding carboxylic acids is 2. The first-order valence-corrected chi connectivity index (χ1v) is 15.3. The molecule has 0 aromatic heterocycles. The van der Waals surface area contributed by atoms with Crippen LogP contribution < -0.4 is 19.1 Å². The largest absolute Gasteiger partial charge is 0.486 e. The van der Waals surface area contributed by atoms with E-state index in [1.807, 2.05) is 24.3 Å². The number of nitrogens with zero attached hydrogens (tertiary/aromatic N) is 2. The molecule has 0 spiro atoms. The molecular weight excluding hydrogens is 574 g/mol. The molecule has 0 unspecified atom stereocenters. The summed E-state index contributed by atoms with van der Waals surface area (Å²) in [5.74, 6) is 0.0300. The van der Waals surface area contributed by atoms with Crippen LogP contribution in [-0.4, -0.2) is 62.7 Å². The van der Waals surface area contributed by atoms with Gasteiger partial charge in [-0.3, -0.25) is 13.9 Å². The molecule has 11 heteroatoms. The number of nitrogens with one attached hydrogen (secondary N) is 1. The lowest BCUT2D eigenvalue weighted by Crippen LogP contribution is -2.52. The van der Waals surface area contributed by atoms with E-state index in [9.17, 15) is 18.0 Å². The Bertz CT molecular complexity index is 1250. The second-order valence-electron chi connectivity index (χ2n) is 9.55. The van der Waals surface area contributed by atoms with Gasteiger partial charge in [-0.15, -0.1) is 0 Å². The molecule has 1 N–H and O–H groups in total. The predicted octanol–water partition coefficient (Wildman–Crippen LogP) is 3.85.